The number of unbranched alkanes of at least 4 members (excludes halogenated alkanes) is 1. The van der Waals surface area contributed by atoms with Crippen LogP contribution in [-0.2, 0) is 4.79 Å². The van der Waals surface area contributed by atoms with Gasteiger partial charge in [-0.2, -0.15) is 0 Å². The van der Waals surface area contributed by atoms with Gasteiger partial charge in [-0.25, -0.2) is 0 Å². The molecule has 0 aromatic carbocycles. The number of amides is 1. The number of carbonyl (C=O) groups is 1. The first kappa shape index (κ1) is 15.4. The Morgan fingerprint density at radius 3 is 2.25 bits per heavy atom. The minimum atomic E-state index is -0.474. The van der Waals surface area contributed by atoms with Gasteiger partial charge in [-0.1, -0.05) is 33.1 Å². The highest BCUT2D eigenvalue weighted by Crippen LogP contribution is 2.09. The number of carbonyl (C=O) groups excluding carboxylic acids is 1. The maximum absolute atomic E-state index is 12.0. The summed E-state index contributed by atoms with van der Waals surface area (Å²) in [5, 5.41) is 6.18. The number of rotatable bonds is 8. The lowest BCUT2D eigenvalue weighted by Gasteiger charge is -2.27. The number of hydrogen-bond acceptors (Lipinski definition) is 2. The molecule has 0 bridgehead atoms. The molecule has 0 aliphatic rings. The smallest absolute Gasteiger partial charge is 0.239 e. The molecule has 1 unspecified atom stereocenters. The third-order valence-electron chi connectivity index (χ3n) is 3.07. The predicted octanol–water partition coefficient (Wildman–Crippen LogP) is 2.46. The summed E-state index contributed by atoms with van der Waals surface area (Å²) in [5.74, 6) is 0.101. The molecule has 0 fully saturated rings. The van der Waals surface area contributed by atoms with Crippen molar-refractivity contribution in [1.29, 1.82) is 0 Å². The first-order valence-corrected chi connectivity index (χ1v) is 6.47. The van der Waals surface area contributed by atoms with Crippen molar-refractivity contribution in [1.82, 2.24) is 10.6 Å². The Morgan fingerprint density at radius 1 is 1.19 bits per heavy atom. The second-order valence-electron chi connectivity index (χ2n) is 4.98. The van der Waals surface area contributed by atoms with Crippen LogP contribution in [0.15, 0.2) is 0 Å². The van der Waals surface area contributed by atoms with E-state index in [2.05, 4.69) is 24.5 Å². The minimum absolute atomic E-state index is 0.101. The van der Waals surface area contributed by atoms with E-state index in [4.69, 9.17) is 0 Å². The van der Waals surface area contributed by atoms with Gasteiger partial charge in [0.05, 0.1) is 5.54 Å². The van der Waals surface area contributed by atoms with Gasteiger partial charge in [0, 0.05) is 6.04 Å². The Bertz CT molecular complexity index is 202. The fourth-order valence-corrected chi connectivity index (χ4v) is 1.57. The lowest BCUT2D eigenvalue weighted by molar-refractivity contribution is -0.127. The van der Waals surface area contributed by atoms with Gasteiger partial charge >= 0.3 is 0 Å². The van der Waals surface area contributed by atoms with Crippen molar-refractivity contribution in [2.75, 3.05) is 7.05 Å². The molecular formula is C13H28N2O. The van der Waals surface area contributed by atoms with E-state index in [0.29, 0.717) is 6.04 Å². The zero-order chi connectivity index (χ0) is 12.6. The van der Waals surface area contributed by atoms with Gasteiger partial charge in [-0.05, 0) is 33.7 Å². The van der Waals surface area contributed by atoms with E-state index < -0.39 is 5.54 Å². The first-order valence-electron chi connectivity index (χ1n) is 6.47. The third-order valence-corrected chi connectivity index (χ3v) is 3.07. The third kappa shape index (κ3) is 5.50. The zero-order valence-corrected chi connectivity index (χ0v) is 11.5. The van der Waals surface area contributed by atoms with Crippen LogP contribution >= 0.6 is 0 Å². The molecular weight excluding hydrogens is 200 g/mol. The van der Waals surface area contributed by atoms with E-state index in [1.54, 1.807) is 0 Å². The fraction of sp³-hybridized carbons (Fsp3) is 0.923. The van der Waals surface area contributed by atoms with E-state index >= 15 is 0 Å². The van der Waals surface area contributed by atoms with Crippen molar-refractivity contribution in [2.24, 2.45) is 0 Å². The van der Waals surface area contributed by atoms with Gasteiger partial charge < -0.3 is 10.6 Å². The van der Waals surface area contributed by atoms with Crippen molar-refractivity contribution < 1.29 is 4.79 Å². The first-order chi connectivity index (χ1) is 7.47. The summed E-state index contributed by atoms with van der Waals surface area (Å²) in [6.45, 7) is 8.16. The van der Waals surface area contributed by atoms with Gasteiger partial charge in [-0.3, -0.25) is 4.79 Å². The summed E-state index contributed by atoms with van der Waals surface area (Å²) < 4.78 is 0. The average Bonchev–Trinajstić information content (AvgIpc) is 2.26. The van der Waals surface area contributed by atoms with Crippen LogP contribution in [0.5, 0.6) is 0 Å². The van der Waals surface area contributed by atoms with E-state index in [0.717, 1.165) is 19.3 Å². The van der Waals surface area contributed by atoms with Crippen LogP contribution in [0, 0.1) is 0 Å². The standard InChI is InChI=1S/C13H28N2O/c1-6-8-10-11(9-7-2)15-12(16)13(3,4)14-5/h11,14H,6-10H2,1-5H3,(H,15,16). The molecule has 0 aromatic heterocycles. The van der Waals surface area contributed by atoms with E-state index in [1.807, 2.05) is 20.9 Å². The number of likely N-dealkylation sites (N-methyl/N-ethyl adjacent to an activating group) is 1. The van der Waals surface area contributed by atoms with Gasteiger partial charge in [-0.15, -0.1) is 0 Å². The molecule has 0 aliphatic heterocycles. The molecule has 16 heavy (non-hydrogen) atoms. The molecule has 1 atom stereocenters. The summed E-state index contributed by atoms with van der Waals surface area (Å²) in [7, 11) is 1.82. The van der Waals surface area contributed by atoms with Crippen molar-refractivity contribution in [3.05, 3.63) is 0 Å². The molecule has 1 amide bonds. The highest BCUT2D eigenvalue weighted by Gasteiger charge is 2.26. The number of hydrogen-bond donors (Lipinski definition) is 2. The molecule has 0 spiro atoms. The van der Waals surface area contributed by atoms with Gasteiger partial charge in [0.1, 0.15) is 0 Å². The van der Waals surface area contributed by atoms with Crippen molar-refractivity contribution in [3.8, 4) is 0 Å². The van der Waals surface area contributed by atoms with Gasteiger partial charge in [0.2, 0.25) is 5.91 Å². The SMILES string of the molecule is CCCCC(CCC)NC(=O)C(C)(C)NC. The Hall–Kier alpha value is -0.570. The van der Waals surface area contributed by atoms with Crippen molar-refractivity contribution >= 4 is 5.91 Å². The molecule has 0 aliphatic carbocycles. The largest absolute Gasteiger partial charge is 0.352 e. The zero-order valence-electron chi connectivity index (χ0n) is 11.5. The minimum Gasteiger partial charge on any atom is -0.352 e. The summed E-state index contributed by atoms with van der Waals surface area (Å²) in [5.41, 5.74) is -0.474. The second kappa shape index (κ2) is 7.66. The van der Waals surface area contributed by atoms with Crippen LogP contribution in [0.3, 0.4) is 0 Å². The van der Waals surface area contributed by atoms with Crippen LogP contribution in [0.4, 0.5) is 0 Å². The van der Waals surface area contributed by atoms with Gasteiger partial charge in [0.15, 0.2) is 0 Å². The van der Waals surface area contributed by atoms with E-state index in [9.17, 15) is 4.79 Å². The normalized spacial score (nSPS) is 13.6. The molecule has 0 saturated carbocycles. The fourth-order valence-electron chi connectivity index (χ4n) is 1.57. The number of nitrogens with one attached hydrogen (secondary N) is 2. The Balaban J connectivity index is 4.21. The molecule has 0 heterocycles. The maximum Gasteiger partial charge on any atom is 0.239 e. The lowest BCUT2D eigenvalue weighted by Crippen LogP contribution is -2.53. The molecule has 3 heteroatoms. The summed E-state index contributed by atoms with van der Waals surface area (Å²) >= 11 is 0. The van der Waals surface area contributed by atoms with E-state index in [1.165, 1.54) is 12.8 Å². The van der Waals surface area contributed by atoms with Crippen LogP contribution in [-0.4, -0.2) is 24.5 Å². The second-order valence-corrected chi connectivity index (χ2v) is 4.98. The molecule has 2 N–H and O–H groups in total. The summed E-state index contributed by atoms with van der Waals surface area (Å²) in [6, 6.07) is 0.338. The Labute approximate surface area is 100 Å². The highest BCUT2D eigenvalue weighted by molar-refractivity contribution is 5.85. The molecule has 96 valence electrons. The predicted molar refractivity (Wildman–Crippen MR) is 69.5 cm³/mol. The average molecular weight is 228 g/mol. The van der Waals surface area contributed by atoms with Crippen LogP contribution in [0.2, 0.25) is 0 Å². The maximum atomic E-state index is 12.0. The molecule has 0 radical (unpaired) electrons. The van der Waals surface area contributed by atoms with Gasteiger partial charge in [0.25, 0.3) is 0 Å². The summed E-state index contributed by atoms with van der Waals surface area (Å²) in [6.07, 6.45) is 5.66. The molecule has 0 saturated heterocycles. The molecule has 0 aromatic rings. The Morgan fingerprint density at radius 2 is 1.81 bits per heavy atom. The topological polar surface area (TPSA) is 41.1 Å². The van der Waals surface area contributed by atoms with Crippen molar-refractivity contribution in [3.63, 3.8) is 0 Å². The van der Waals surface area contributed by atoms with Crippen molar-refractivity contribution in [2.45, 2.75) is 71.4 Å². The van der Waals surface area contributed by atoms with Crippen LogP contribution in [0.25, 0.3) is 0 Å². The van der Waals surface area contributed by atoms with Crippen LogP contribution < -0.4 is 10.6 Å². The molecule has 3 nitrogen and oxygen atoms in total. The quantitative estimate of drug-likeness (QED) is 0.670. The molecule has 0 rings (SSSR count). The monoisotopic (exact) mass is 228 g/mol. The van der Waals surface area contributed by atoms with Crippen LogP contribution in [0.1, 0.15) is 59.8 Å². The highest BCUT2D eigenvalue weighted by atomic mass is 16.2. The lowest BCUT2D eigenvalue weighted by atomic mass is 10.0. The summed E-state index contributed by atoms with van der Waals surface area (Å²) in [4.78, 5) is 12.0. The van der Waals surface area contributed by atoms with E-state index in [-0.39, 0.29) is 5.91 Å². The Kier molecular flexibility index (Phi) is 7.39.